The second kappa shape index (κ2) is 4.16. The van der Waals surface area contributed by atoms with E-state index in [0.717, 1.165) is 17.8 Å². The van der Waals surface area contributed by atoms with E-state index in [-0.39, 0.29) is 11.2 Å². The lowest BCUT2D eigenvalue weighted by Gasteiger charge is -2.35. The summed E-state index contributed by atoms with van der Waals surface area (Å²) in [6.45, 7) is 8.61. The second-order valence-electron chi connectivity index (χ2n) is 6.35. The third-order valence-corrected chi connectivity index (χ3v) is 3.81. The van der Waals surface area contributed by atoms with Crippen molar-refractivity contribution in [1.82, 2.24) is 0 Å². The van der Waals surface area contributed by atoms with E-state index in [2.05, 4.69) is 45.7 Å². The Bertz CT molecular complexity index is 440. The number of benzene rings is 1. The Morgan fingerprint density at radius 1 is 1.22 bits per heavy atom. The second-order valence-corrected chi connectivity index (χ2v) is 6.35. The van der Waals surface area contributed by atoms with Gasteiger partial charge >= 0.3 is 0 Å². The quantitative estimate of drug-likeness (QED) is 0.818. The van der Waals surface area contributed by atoms with Crippen molar-refractivity contribution >= 4 is 11.4 Å². The minimum absolute atomic E-state index is 0.0774. The molecule has 1 aliphatic heterocycles. The van der Waals surface area contributed by atoms with E-state index in [1.807, 2.05) is 18.2 Å². The Hall–Kier alpha value is -1.22. The standard InChI is InChI=1S/C15H24N2O/c1-14(2)10-13(15(3,4)18-14)17(5)12-9-7-6-8-11(12)16/h6-9,13H,10,16H2,1-5H3. The number of nitrogen functional groups attached to an aromatic ring is 1. The highest BCUT2D eigenvalue weighted by Crippen LogP contribution is 2.41. The molecule has 1 unspecified atom stereocenters. The smallest absolute Gasteiger partial charge is 0.0836 e. The largest absolute Gasteiger partial charge is 0.397 e. The number of rotatable bonds is 2. The van der Waals surface area contributed by atoms with E-state index in [1.54, 1.807) is 0 Å². The van der Waals surface area contributed by atoms with E-state index >= 15 is 0 Å². The Morgan fingerprint density at radius 2 is 1.83 bits per heavy atom. The molecular formula is C15H24N2O. The Balaban J connectivity index is 2.30. The zero-order valence-electron chi connectivity index (χ0n) is 12.0. The van der Waals surface area contributed by atoms with Gasteiger partial charge in [-0.1, -0.05) is 12.1 Å². The van der Waals surface area contributed by atoms with E-state index in [9.17, 15) is 0 Å². The summed E-state index contributed by atoms with van der Waals surface area (Å²) in [5.74, 6) is 0. The molecule has 3 heteroatoms. The Morgan fingerprint density at radius 3 is 2.33 bits per heavy atom. The molecule has 1 aliphatic rings. The number of anilines is 2. The molecule has 1 aromatic carbocycles. The van der Waals surface area contributed by atoms with Crippen molar-refractivity contribution < 1.29 is 4.74 Å². The molecule has 0 aliphatic carbocycles. The van der Waals surface area contributed by atoms with Gasteiger partial charge in [0.15, 0.2) is 0 Å². The van der Waals surface area contributed by atoms with Crippen LogP contribution < -0.4 is 10.6 Å². The fraction of sp³-hybridized carbons (Fsp3) is 0.600. The summed E-state index contributed by atoms with van der Waals surface area (Å²) in [6, 6.07) is 8.33. The van der Waals surface area contributed by atoms with Gasteiger partial charge in [0, 0.05) is 7.05 Å². The molecular weight excluding hydrogens is 224 g/mol. The molecule has 1 aromatic rings. The molecule has 0 radical (unpaired) electrons. The molecule has 3 nitrogen and oxygen atoms in total. The van der Waals surface area contributed by atoms with Crippen LogP contribution in [0.2, 0.25) is 0 Å². The van der Waals surface area contributed by atoms with Crippen LogP contribution in [0.1, 0.15) is 34.1 Å². The van der Waals surface area contributed by atoms with Crippen LogP contribution in [0.5, 0.6) is 0 Å². The van der Waals surface area contributed by atoms with Crippen LogP contribution in [-0.2, 0) is 4.74 Å². The third kappa shape index (κ3) is 2.32. The summed E-state index contributed by atoms with van der Waals surface area (Å²) in [4.78, 5) is 2.25. The van der Waals surface area contributed by atoms with Gasteiger partial charge in [-0.2, -0.15) is 0 Å². The first kappa shape index (κ1) is 13.2. The van der Waals surface area contributed by atoms with E-state index in [4.69, 9.17) is 10.5 Å². The highest BCUT2D eigenvalue weighted by atomic mass is 16.5. The molecule has 1 heterocycles. The van der Waals surface area contributed by atoms with Gasteiger partial charge in [0.05, 0.1) is 28.6 Å². The number of para-hydroxylation sites is 2. The molecule has 1 saturated heterocycles. The molecule has 0 amide bonds. The maximum absolute atomic E-state index is 6.15. The number of nitrogens with two attached hydrogens (primary N) is 1. The van der Waals surface area contributed by atoms with Crippen molar-refractivity contribution in [1.29, 1.82) is 0 Å². The normalized spacial score (nSPS) is 25.1. The lowest BCUT2D eigenvalue weighted by molar-refractivity contribution is -0.0676. The summed E-state index contributed by atoms with van der Waals surface area (Å²) in [5.41, 5.74) is 7.72. The number of hydrogen-bond donors (Lipinski definition) is 1. The molecule has 0 aromatic heterocycles. The van der Waals surface area contributed by atoms with Crippen LogP contribution in [0.3, 0.4) is 0 Å². The van der Waals surface area contributed by atoms with Gasteiger partial charge in [0.25, 0.3) is 0 Å². The van der Waals surface area contributed by atoms with Crippen molar-refractivity contribution in [2.24, 2.45) is 0 Å². The zero-order valence-corrected chi connectivity index (χ0v) is 12.0. The first-order chi connectivity index (χ1) is 8.23. The Kier molecular flexibility index (Phi) is 3.06. The van der Waals surface area contributed by atoms with E-state index in [1.165, 1.54) is 0 Å². The van der Waals surface area contributed by atoms with Crippen molar-refractivity contribution in [3.05, 3.63) is 24.3 Å². The topological polar surface area (TPSA) is 38.5 Å². The first-order valence-corrected chi connectivity index (χ1v) is 6.50. The van der Waals surface area contributed by atoms with Crippen LogP contribution in [0.25, 0.3) is 0 Å². The number of hydrogen-bond acceptors (Lipinski definition) is 3. The average Bonchev–Trinajstić information content (AvgIpc) is 2.46. The van der Waals surface area contributed by atoms with Crippen molar-refractivity contribution in [2.75, 3.05) is 17.7 Å². The molecule has 0 bridgehead atoms. The average molecular weight is 248 g/mol. The van der Waals surface area contributed by atoms with Gasteiger partial charge in [-0.3, -0.25) is 0 Å². The van der Waals surface area contributed by atoms with Crippen LogP contribution in [0, 0.1) is 0 Å². The molecule has 1 fully saturated rings. The van der Waals surface area contributed by atoms with Gasteiger partial charge in [-0.15, -0.1) is 0 Å². The van der Waals surface area contributed by atoms with Gasteiger partial charge in [-0.05, 0) is 46.2 Å². The van der Waals surface area contributed by atoms with Crippen LogP contribution in [-0.4, -0.2) is 24.3 Å². The van der Waals surface area contributed by atoms with Gasteiger partial charge in [0.1, 0.15) is 0 Å². The molecule has 100 valence electrons. The lowest BCUT2D eigenvalue weighted by atomic mass is 9.93. The summed E-state index contributed by atoms with van der Waals surface area (Å²) >= 11 is 0. The monoisotopic (exact) mass is 248 g/mol. The predicted molar refractivity (Wildman–Crippen MR) is 76.9 cm³/mol. The van der Waals surface area contributed by atoms with Crippen molar-refractivity contribution in [3.8, 4) is 0 Å². The van der Waals surface area contributed by atoms with E-state index in [0.29, 0.717) is 6.04 Å². The fourth-order valence-corrected chi connectivity index (χ4v) is 3.11. The molecule has 0 saturated carbocycles. The summed E-state index contributed by atoms with van der Waals surface area (Å²) < 4.78 is 6.15. The van der Waals surface area contributed by atoms with Crippen LogP contribution in [0.15, 0.2) is 24.3 Å². The summed E-state index contributed by atoms with van der Waals surface area (Å²) in [6.07, 6.45) is 1.00. The van der Waals surface area contributed by atoms with Crippen molar-refractivity contribution in [3.63, 3.8) is 0 Å². The molecule has 18 heavy (non-hydrogen) atoms. The Labute approximate surface area is 110 Å². The predicted octanol–water partition coefficient (Wildman–Crippen LogP) is 3.05. The van der Waals surface area contributed by atoms with Crippen LogP contribution >= 0.6 is 0 Å². The third-order valence-electron chi connectivity index (χ3n) is 3.81. The summed E-state index contributed by atoms with van der Waals surface area (Å²) in [5, 5.41) is 0. The maximum atomic E-state index is 6.15. The van der Waals surface area contributed by atoms with Gasteiger partial charge in [0.2, 0.25) is 0 Å². The first-order valence-electron chi connectivity index (χ1n) is 6.50. The minimum atomic E-state index is -0.166. The molecule has 0 spiro atoms. The molecule has 2 N–H and O–H groups in total. The van der Waals surface area contributed by atoms with Crippen LogP contribution in [0.4, 0.5) is 11.4 Å². The molecule has 1 atom stereocenters. The summed E-state index contributed by atoms with van der Waals surface area (Å²) in [7, 11) is 2.10. The lowest BCUT2D eigenvalue weighted by Crippen LogP contribution is -2.44. The maximum Gasteiger partial charge on any atom is 0.0836 e. The zero-order chi connectivity index (χ0) is 13.6. The SMILES string of the molecule is CN(c1ccccc1N)C1CC(C)(C)OC1(C)C. The van der Waals surface area contributed by atoms with Gasteiger partial charge in [-0.25, -0.2) is 0 Å². The molecule has 2 rings (SSSR count). The number of ether oxygens (including phenoxy) is 1. The van der Waals surface area contributed by atoms with Crippen molar-refractivity contribution in [2.45, 2.75) is 51.4 Å². The van der Waals surface area contributed by atoms with Gasteiger partial charge < -0.3 is 15.4 Å². The van der Waals surface area contributed by atoms with E-state index < -0.39 is 0 Å². The minimum Gasteiger partial charge on any atom is -0.397 e. The number of likely N-dealkylation sites (N-methyl/N-ethyl adjacent to an activating group) is 1. The fourth-order valence-electron chi connectivity index (χ4n) is 3.11. The number of nitrogens with zero attached hydrogens (tertiary/aromatic N) is 1. The highest BCUT2D eigenvalue weighted by Gasteiger charge is 2.47. The highest BCUT2D eigenvalue weighted by molar-refractivity contribution is 5.67.